The molecule has 0 unspecified atom stereocenters. The van der Waals surface area contributed by atoms with Crippen LogP contribution in [0, 0.1) is 6.92 Å². The number of thioether (sulfide) groups is 1. The Morgan fingerprint density at radius 1 is 1.35 bits per heavy atom. The van der Waals surface area contributed by atoms with E-state index in [9.17, 15) is 0 Å². The zero-order valence-electron chi connectivity index (χ0n) is 9.80. The first-order valence-corrected chi connectivity index (χ1v) is 6.86. The summed E-state index contributed by atoms with van der Waals surface area (Å²) in [5.74, 6) is 1.10. The van der Waals surface area contributed by atoms with Crippen LogP contribution in [-0.4, -0.2) is 16.9 Å². The Morgan fingerprint density at radius 2 is 2.29 bits per heavy atom. The lowest BCUT2D eigenvalue weighted by atomic mass is 10.2. The van der Waals surface area contributed by atoms with Crippen LogP contribution in [0.5, 0.6) is 0 Å². The second kappa shape index (κ2) is 4.59. The van der Waals surface area contributed by atoms with Crippen LogP contribution >= 0.6 is 11.8 Å². The summed E-state index contributed by atoms with van der Waals surface area (Å²) in [5, 5.41) is 0. The first-order chi connectivity index (χ1) is 8.33. The lowest BCUT2D eigenvalue weighted by molar-refractivity contribution is 0.145. The largest absolute Gasteiger partial charge is 0.362 e. The van der Waals surface area contributed by atoms with Crippen molar-refractivity contribution >= 4 is 11.8 Å². The van der Waals surface area contributed by atoms with E-state index in [4.69, 9.17) is 4.74 Å². The van der Waals surface area contributed by atoms with Gasteiger partial charge < -0.3 is 9.30 Å². The molecule has 1 aliphatic rings. The van der Waals surface area contributed by atoms with Gasteiger partial charge in [-0.1, -0.05) is 12.1 Å². The molecule has 0 radical (unpaired) electrons. The van der Waals surface area contributed by atoms with Gasteiger partial charge in [-0.25, -0.2) is 0 Å². The lowest BCUT2D eigenvalue weighted by Gasteiger charge is -2.06. The smallest absolute Gasteiger partial charge is 0.130 e. The van der Waals surface area contributed by atoms with Gasteiger partial charge in [0.15, 0.2) is 0 Å². The number of ether oxygens (including phenoxy) is 1. The summed E-state index contributed by atoms with van der Waals surface area (Å²) >= 11 is 1.87. The van der Waals surface area contributed by atoms with Crippen LogP contribution in [-0.2, 0) is 4.74 Å². The van der Waals surface area contributed by atoms with Crippen molar-refractivity contribution in [2.24, 2.45) is 0 Å². The lowest BCUT2D eigenvalue weighted by Crippen LogP contribution is -1.93. The Hall–Kier alpha value is -1.19. The molecule has 1 aliphatic heterocycles. The molecule has 1 atom stereocenters. The molecule has 0 bridgehead atoms. The average Bonchev–Trinajstić information content (AvgIpc) is 3.00. The van der Waals surface area contributed by atoms with Crippen molar-refractivity contribution in [2.75, 3.05) is 12.4 Å². The van der Waals surface area contributed by atoms with E-state index < -0.39 is 0 Å². The maximum atomic E-state index is 5.66. The van der Waals surface area contributed by atoms with Gasteiger partial charge in [0.25, 0.3) is 0 Å². The summed E-state index contributed by atoms with van der Waals surface area (Å²) in [4.78, 5) is 0. The van der Waals surface area contributed by atoms with Crippen LogP contribution in [0.25, 0.3) is 5.69 Å². The first-order valence-electron chi connectivity index (χ1n) is 5.81. The van der Waals surface area contributed by atoms with Crippen LogP contribution in [0.4, 0.5) is 0 Å². The molecular formula is C14H15NOS. The van der Waals surface area contributed by atoms with E-state index in [0.717, 1.165) is 12.4 Å². The predicted octanol–water partition coefficient (Wildman–Crippen LogP) is 3.55. The molecule has 0 N–H and O–H groups in total. The van der Waals surface area contributed by atoms with Crippen molar-refractivity contribution in [2.45, 2.75) is 12.4 Å². The third kappa shape index (κ3) is 2.26. The first kappa shape index (κ1) is 10.9. The van der Waals surface area contributed by atoms with E-state index in [1.165, 1.54) is 16.8 Å². The average molecular weight is 245 g/mol. The molecule has 0 saturated carbocycles. The maximum Gasteiger partial charge on any atom is 0.130 e. The number of aryl methyl sites for hydroxylation is 1. The molecule has 3 rings (SSSR count). The van der Waals surface area contributed by atoms with Crippen LogP contribution in [0.3, 0.4) is 0 Å². The highest BCUT2D eigenvalue weighted by atomic mass is 32.2. The fourth-order valence-electron chi connectivity index (χ4n) is 2.05. The Labute approximate surface area is 106 Å². The minimum Gasteiger partial charge on any atom is -0.362 e. The van der Waals surface area contributed by atoms with Crippen LogP contribution < -0.4 is 0 Å². The van der Waals surface area contributed by atoms with Gasteiger partial charge in [-0.2, -0.15) is 0 Å². The summed E-state index contributed by atoms with van der Waals surface area (Å²) in [6, 6.07) is 10.7. The molecule has 2 nitrogen and oxygen atoms in total. The van der Waals surface area contributed by atoms with Gasteiger partial charge in [0, 0.05) is 29.4 Å². The van der Waals surface area contributed by atoms with Gasteiger partial charge in [0.2, 0.25) is 0 Å². The molecule has 1 aromatic heterocycles. The molecule has 1 saturated heterocycles. The normalized spacial score (nSPS) is 19.7. The zero-order valence-corrected chi connectivity index (χ0v) is 10.6. The Balaban J connectivity index is 1.89. The minimum absolute atomic E-state index is 0.223. The third-order valence-corrected chi connectivity index (χ3v) is 4.02. The highest BCUT2D eigenvalue weighted by Crippen LogP contribution is 2.35. The second-order valence-electron chi connectivity index (χ2n) is 4.26. The van der Waals surface area contributed by atoms with Gasteiger partial charge in [-0.3, -0.25) is 0 Å². The van der Waals surface area contributed by atoms with Gasteiger partial charge in [-0.05, 0) is 30.7 Å². The fraction of sp³-hybridized carbons (Fsp3) is 0.286. The standard InChI is InChI=1S/C14H15NOS/c1-11-3-2-4-13(9-11)15-6-5-12(10-15)14-16-7-8-17-14/h2-6,9-10,14H,7-8H2,1H3/t14-/m0/s1. The SMILES string of the molecule is Cc1cccc(-n2ccc([C@H]3OCCS3)c2)c1. The molecule has 17 heavy (non-hydrogen) atoms. The summed E-state index contributed by atoms with van der Waals surface area (Å²) in [5.41, 5.74) is 3.97. The zero-order chi connectivity index (χ0) is 11.7. The topological polar surface area (TPSA) is 14.2 Å². The fourth-order valence-corrected chi connectivity index (χ4v) is 2.98. The van der Waals surface area contributed by atoms with E-state index in [1.54, 1.807) is 0 Å². The van der Waals surface area contributed by atoms with Crippen molar-refractivity contribution < 1.29 is 4.74 Å². The molecule has 0 aliphatic carbocycles. The van der Waals surface area contributed by atoms with Gasteiger partial charge in [0.1, 0.15) is 5.44 Å². The summed E-state index contributed by atoms with van der Waals surface area (Å²) in [7, 11) is 0. The molecule has 2 aromatic rings. The van der Waals surface area contributed by atoms with Crippen molar-refractivity contribution in [3.63, 3.8) is 0 Å². The van der Waals surface area contributed by atoms with E-state index >= 15 is 0 Å². The van der Waals surface area contributed by atoms with Crippen molar-refractivity contribution in [3.05, 3.63) is 53.9 Å². The number of aromatic nitrogens is 1. The molecule has 0 amide bonds. The van der Waals surface area contributed by atoms with Crippen LogP contribution in [0.1, 0.15) is 16.6 Å². The Kier molecular flexibility index (Phi) is 2.95. The summed E-state index contributed by atoms with van der Waals surface area (Å²) in [6.45, 7) is 2.98. The molecule has 88 valence electrons. The van der Waals surface area contributed by atoms with Crippen molar-refractivity contribution in [1.82, 2.24) is 4.57 Å². The predicted molar refractivity (Wildman–Crippen MR) is 71.7 cm³/mol. The van der Waals surface area contributed by atoms with Gasteiger partial charge in [0.05, 0.1) is 6.61 Å². The Morgan fingerprint density at radius 3 is 3.06 bits per heavy atom. The van der Waals surface area contributed by atoms with E-state index in [2.05, 4.69) is 54.2 Å². The quantitative estimate of drug-likeness (QED) is 0.803. The maximum absolute atomic E-state index is 5.66. The highest BCUT2D eigenvalue weighted by molar-refractivity contribution is 7.99. The van der Waals surface area contributed by atoms with Crippen LogP contribution in [0.15, 0.2) is 42.7 Å². The van der Waals surface area contributed by atoms with E-state index in [-0.39, 0.29) is 5.44 Å². The number of benzene rings is 1. The molecule has 3 heteroatoms. The monoisotopic (exact) mass is 245 g/mol. The van der Waals surface area contributed by atoms with Gasteiger partial charge >= 0.3 is 0 Å². The van der Waals surface area contributed by atoms with Crippen molar-refractivity contribution in [1.29, 1.82) is 0 Å². The summed E-state index contributed by atoms with van der Waals surface area (Å²) < 4.78 is 7.82. The molecule has 1 fully saturated rings. The Bertz CT molecular complexity index is 514. The number of rotatable bonds is 2. The number of hydrogen-bond acceptors (Lipinski definition) is 2. The van der Waals surface area contributed by atoms with Crippen molar-refractivity contribution in [3.8, 4) is 5.69 Å². The highest BCUT2D eigenvalue weighted by Gasteiger charge is 2.19. The third-order valence-electron chi connectivity index (χ3n) is 2.91. The minimum atomic E-state index is 0.223. The van der Waals surface area contributed by atoms with Gasteiger partial charge in [-0.15, -0.1) is 11.8 Å². The molecule has 1 aromatic carbocycles. The number of nitrogens with zero attached hydrogens (tertiary/aromatic N) is 1. The van der Waals surface area contributed by atoms with E-state index in [1.807, 2.05) is 11.8 Å². The molecular weight excluding hydrogens is 230 g/mol. The second-order valence-corrected chi connectivity index (χ2v) is 5.43. The van der Waals surface area contributed by atoms with Crippen LogP contribution in [0.2, 0.25) is 0 Å². The molecule has 0 spiro atoms. The molecule has 2 heterocycles. The summed E-state index contributed by atoms with van der Waals surface area (Å²) in [6.07, 6.45) is 4.27. The van der Waals surface area contributed by atoms with E-state index in [0.29, 0.717) is 0 Å². The number of hydrogen-bond donors (Lipinski definition) is 0.